The Labute approximate surface area is 276 Å². The van der Waals surface area contributed by atoms with Crippen molar-refractivity contribution in [2.45, 2.75) is 23.5 Å². The van der Waals surface area contributed by atoms with E-state index in [1.807, 2.05) is 36.4 Å². The number of hydrogen-bond acceptors (Lipinski definition) is 11. The Bertz CT molecular complexity index is 1330. The largest absolute Gasteiger partial charge is 0.497 e. The number of nitrogens with zero attached hydrogens (tertiary/aromatic N) is 2. The number of ether oxygens (including phenoxy) is 7. The van der Waals surface area contributed by atoms with Gasteiger partial charge in [0.25, 0.3) is 5.91 Å². The Kier molecular flexibility index (Phi) is 15.4. The number of allylic oxidation sites excluding steroid dienone is 1. The molecule has 0 aromatic heterocycles. The van der Waals surface area contributed by atoms with Crippen molar-refractivity contribution < 1.29 is 51.5 Å². The van der Waals surface area contributed by atoms with Crippen molar-refractivity contribution >= 4 is 15.9 Å². The SMILES string of the molecule is COc1ccc(S(=O)(=O)N(CCO)CCO[C@@H]2C[C@H](c3ccccc3)C=C(C(=O)N3CCOCCOCCOCCOCC3)O2)cc1. The molecule has 260 valence electrons. The fraction of sp³-hybridized carbons (Fsp3) is 0.545. The molecule has 1 N–H and O–H groups in total. The van der Waals surface area contributed by atoms with Crippen molar-refractivity contribution in [3.05, 3.63) is 72.0 Å². The Balaban J connectivity index is 1.44. The fourth-order valence-electron chi connectivity index (χ4n) is 5.07. The second-order valence-electron chi connectivity index (χ2n) is 10.7. The lowest BCUT2D eigenvalue weighted by molar-refractivity contribution is -0.153. The van der Waals surface area contributed by atoms with Gasteiger partial charge in [-0.05, 0) is 35.9 Å². The van der Waals surface area contributed by atoms with Gasteiger partial charge in [0, 0.05) is 38.5 Å². The predicted octanol–water partition coefficient (Wildman–Crippen LogP) is 2.02. The zero-order valence-corrected chi connectivity index (χ0v) is 27.7. The summed E-state index contributed by atoms with van der Waals surface area (Å²) in [6.45, 7) is 3.31. The van der Waals surface area contributed by atoms with Crippen LogP contribution in [0.5, 0.6) is 5.75 Å². The maximum absolute atomic E-state index is 13.9. The van der Waals surface area contributed by atoms with Gasteiger partial charge in [-0.25, -0.2) is 8.42 Å². The average molecular weight is 679 g/mol. The topological polar surface area (TPSA) is 143 Å². The first-order chi connectivity index (χ1) is 22.9. The van der Waals surface area contributed by atoms with Gasteiger partial charge in [-0.1, -0.05) is 30.3 Å². The summed E-state index contributed by atoms with van der Waals surface area (Å²) in [5, 5.41) is 9.63. The highest BCUT2D eigenvalue weighted by molar-refractivity contribution is 7.89. The molecule has 4 rings (SSSR count). The third kappa shape index (κ3) is 11.5. The van der Waals surface area contributed by atoms with E-state index in [1.165, 1.54) is 19.2 Å². The highest BCUT2D eigenvalue weighted by Gasteiger charge is 2.32. The van der Waals surface area contributed by atoms with Crippen LogP contribution in [0, 0.1) is 0 Å². The van der Waals surface area contributed by atoms with Gasteiger partial charge in [-0.2, -0.15) is 4.31 Å². The monoisotopic (exact) mass is 678 g/mol. The van der Waals surface area contributed by atoms with Gasteiger partial charge in [0.05, 0.1) is 78.1 Å². The molecule has 2 aliphatic rings. The van der Waals surface area contributed by atoms with Crippen LogP contribution >= 0.6 is 0 Å². The molecular weight excluding hydrogens is 632 g/mol. The minimum atomic E-state index is -3.92. The van der Waals surface area contributed by atoms with Crippen LogP contribution in [0.3, 0.4) is 0 Å². The van der Waals surface area contributed by atoms with E-state index in [4.69, 9.17) is 33.2 Å². The van der Waals surface area contributed by atoms with Crippen LogP contribution in [0.25, 0.3) is 0 Å². The maximum atomic E-state index is 13.9. The molecule has 2 aromatic rings. The number of amides is 1. The summed E-state index contributed by atoms with van der Waals surface area (Å²) in [4.78, 5) is 15.6. The molecule has 2 aromatic carbocycles. The Morgan fingerprint density at radius 2 is 1.47 bits per heavy atom. The number of hydrogen-bond donors (Lipinski definition) is 1. The molecule has 0 unspecified atom stereocenters. The number of methoxy groups -OCH3 is 1. The quantitative estimate of drug-likeness (QED) is 0.373. The van der Waals surface area contributed by atoms with Gasteiger partial charge >= 0.3 is 0 Å². The molecule has 0 spiro atoms. The van der Waals surface area contributed by atoms with E-state index >= 15 is 0 Å². The summed E-state index contributed by atoms with van der Waals surface area (Å²) in [5.41, 5.74) is 0.988. The lowest BCUT2D eigenvalue weighted by Gasteiger charge is -2.32. The number of sulfonamides is 1. The molecule has 2 aliphatic heterocycles. The highest BCUT2D eigenvalue weighted by Crippen LogP contribution is 2.32. The number of carbonyl (C=O) groups excluding carboxylic acids is 1. The first-order valence-corrected chi connectivity index (χ1v) is 17.3. The molecule has 1 fully saturated rings. The van der Waals surface area contributed by atoms with Crippen molar-refractivity contribution in [3.8, 4) is 5.75 Å². The van der Waals surface area contributed by atoms with E-state index in [0.29, 0.717) is 78.1 Å². The molecule has 14 heteroatoms. The number of benzene rings is 2. The van der Waals surface area contributed by atoms with Crippen LogP contribution in [0.2, 0.25) is 0 Å². The van der Waals surface area contributed by atoms with Gasteiger partial charge in [0.1, 0.15) is 5.75 Å². The van der Waals surface area contributed by atoms with Crippen LogP contribution in [-0.4, -0.2) is 134 Å². The second kappa shape index (κ2) is 19.7. The summed E-state index contributed by atoms with van der Waals surface area (Å²) in [7, 11) is -2.42. The number of rotatable bonds is 11. The maximum Gasteiger partial charge on any atom is 0.288 e. The molecule has 13 nitrogen and oxygen atoms in total. The molecule has 0 aliphatic carbocycles. The number of carbonyl (C=O) groups is 1. The summed E-state index contributed by atoms with van der Waals surface area (Å²) >= 11 is 0. The minimum absolute atomic E-state index is 0.0292. The summed E-state index contributed by atoms with van der Waals surface area (Å²) < 4.78 is 67.5. The summed E-state index contributed by atoms with van der Waals surface area (Å²) in [5.74, 6) is 0.154. The van der Waals surface area contributed by atoms with E-state index in [0.717, 1.165) is 9.87 Å². The van der Waals surface area contributed by atoms with Gasteiger partial charge in [0.15, 0.2) is 5.76 Å². The van der Waals surface area contributed by atoms with Crippen molar-refractivity contribution in [1.82, 2.24) is 9.21 Å². The lowest BCUT2D eigenvalue weighted by atomic mass is 9.93. The van der Waals surface area contributed by atoms with Crippen LogP contribution in [-0.2, 0) is 43.2 Å². The molecule has 1 saturated heterocycles. The van der Waals surface area contributed by atoms with Gasteiger partial charge in [0.2, 0.25) is 16.3 Å². The van der Waals surface area contributed by atoms with Crippen LogP contribution in [0.15, 0.2) is 71.3 Å². The van der Waals surface area contributed by atoms with E-state index in [1.54, 1.807) is 17.0 Å². The standard InChI is InChI=1S/C33H46N2O11S/c1-40-29-7-9-30(10-8-29)47(38,39)35(11-15-36)14-18-45-32-26-28(27-5-3-2-4-6-27)25-31(46-32)33(37)34-12-16-41-19-21-43-23-24-44-22-20-42-17-13-34/h2-10,25,28,32,36H,11-24,26H2,1H3/t28-,32+/m1/s1. The molecule has 2 heterocycles. The summed E-state index contributed by atoms with van der Waals surface area (Å²) in [6.07, 6.45) is 1.40. The van der Waals surface area contributed by atoms with Crippen molar-refractivity contribution in [2.75, 3.05) is 99.4 Å². The Morgan fingerprint density at radius 3 is 2.04 bits per heavy atom. The molecular formula is C33H46N2O11S. The molecule has 0 radical (unpaired) electrons. The molecule has 0 saturated carbocycles. The second-order valence-corrected chi connectivity index (χ2v) is 12.7. The van der Waals surface area contributed by atoms with Crippen molar-refractivity contribution in [2.24, 2.45) is 0 Å². The fourth-order valence-corrected chi connectivity index (χ4v) is 6.49. The number of aliphatic hydroxyl groups excluding tert-OH is 1. The molecule has 0 bridgehead atoms. The zero-order valence-electron chi connectivity index (χ0n) is 26.9. The zero-order chi connectivity index (χ0) is 33.3. The van der Waals surface area contributed by atoms with Gasteiger partial charge in [-0.15, -0.1) is 0 Å². The Morgan fingerprint density at radius 1 is 0.872 bits per heavy atom. The smallest absolute Gasteiger partial charge is 0.288 e. The molecule has 47 heavy (non-hydrogen) atoms. The van der Waals surface area contributed by atoms with Crippen molar-refractivity contribution in [1.29, 1.82) is 0 Å². The van der Waals surface area contributed by atoms with E-state index < -0.39 is 16.3 Å². The van der Waals surface area contributed by atoms with Crippen molar-refractivity contribution in [3.63, 3.8) is 0 Å². The third-order valence-electron chi connectivity index (χ3n) is 7.60. The normalized spacial score (nSPS) is 20.8. The van der Waals surface area contributed by atoms with E-state index in [9.17, 15) is 18.3 Å². The lowest BCUT2D eigenvalue weighted by Crippen LogP contribution is -2.41. The highest BCUT2D eigenvalue weighted by atomic mass is 32.2. The van der Waals surface area contributed by atoms with Crippen LogP contribution < -0.4 is 4.74 Å². The minimum Gasteiger partial charge on any atom is -0.497 e. The molecule has 2 atom stereocenters. The Hall–Kier alpha value is -3.08. The van der Waals surface area contributed by atoms with E-state index in [-0.39, 0.29) is 48.8 Å². The first-order valence-electron chi connectivity index (χ1n) is 15.8. The van der Waals surface area contributed by atoms with Crippen LogP contribution in [0.1, 0.15) is 17.9 Å². The van der Waals surface area contributed by atoms with E-state index in [2.05, 4.69) is 0 Å². The predicted molar refractivity (Wildman–Crippen MR) is 171 cm³/mol. The average Bonchev–Trinajstić information content (AvgIpc) is 3.11. The summed E-state index contributed by atoms with van der Waals surface area (Å²) in [6, 6.07) is 15.8. The molecule has 1 amide bonds. The number of aliphatic hydroxyl groups is 1. The third-order valence-corrected chi connectivity index (χ3v) is 9.51. The van der Waals surface area contributed by atoms with Gasteiger partial charge < -0.3 is 43.2 Å². The first kappa shape index (κ1) is 36.8. The van der Waals surface area contributed by atoms with Crippen LogP contribution in [0.4, 0.5) is 0 Å². The van der Waals surface area contributed by atoms with Gasteiger partial charge in [-0.3, -0.25) is 4.79 Å².